The van der Waals surface area contributed by atoms with Gasteiger partial charge >= 0.3 is 0 Å². The summed E-state index contributed by atoms with van der Waals surface area (Å²) in [4.78, 5) is 21.0. The molecule has 1 aliphatic rings. The molecule has 0 aliphatic carbocycles. The van der Waals surface area contributed by atoms with Gasteiger partial charge in [-0.15, -0.1) is 0 Å². The number of hydrogen-bond donors (Lipinski definition) is 1. The van der Waals surface area contributed by atoms with E-state index in [9.17, 15) is 9.90 Å². The van der Waals surface area contributed by atoms with Crippen molar-refractivity contribution in [2.75, 3.05) is 13.1 Å². The number of aliphatic hydroxyl groups excluding tert-OH is 1. The first-order valence-electron chi connectivity index (χ1n) is 4.61. The molecule has 80 valence electrons. The highest BCUT2D eigenvalue weighted by atomic mass is 35.5. The number of amides is 1. The highest BCUT2D eigenvalue weighted by Crippen LogP contribution is 2.12. The number of hydrogen-bond acceptors (Lipinski definition) is 4. The van der Waals surface area contributed by atoms with E-state index in [1.54, 1.807) is 4.90 Å². The fourth-order valence-corrected chi connectivity index (χ4v) is 1.61. The Morgan fingerprint density at radius 2 is 2.33 bits per heavy atom. The summed E-state index contributed by atoms with van der Waals surface area (Å²) in [6.07, 6.45) is 2.87. The predicted octanol–water partition coefficient (Wildman–Crippen LogP) is 0.337. The maximum Gasteiger partial charge on any atom is 0.274 e. The topological polar surface area (TPSA) is 66.3 Å². The number of nitrogens with zero attached hydrogens (tertiary/aromatic N) is 3. The summed E-state index contributed by atoms with van der Waals surface area (Å²) in [5.41, 5.74) is 0.258. The Labute approximate surface area is 91.7 Å². The number of halogens is 1. The second kappa shape index (κ2) is 4.12. The van der Waals surface area contributed by atoms with Crippen molar-refractivity contribution in [2.45, 2.75) is 12.5 Å². The zero-order valence-electron chi connectivity index (χ0n) is 7.93. The highest BCUT2D eigenvalue weighted by molar-refractivity contribution is 6.29. The van der Waals surface area contributed by atoms with Crippen LogP contribution in [0.1, 0.15) is 16.9 Å². The number of likely N-dealkylation sites (tertiary alicyclic amines) is 1. The van der Waals surface area contributed by atoms with Crippen LogP contribution in [-0.2, 0) is 0 Å². The fraction of sp³-hybridized carbons (Fsp3) is 0.444. The van der Waals surface area contributed by atoms with E-state index in [0.717, 1.165) is 0 Å². The summed E-state index contributed by atoms with van der Waals surface area (Å²) in [6, 6.07) is 0. The monoisotopic (exact) mass is 227 g/mol. The molecule has 5 nitrogen and oxygen atoms in total. The summed E-state index contributed by atoms with van der Waals surface area (Å²) >= 11 is 5.56. The standard InChI is InChI=1S/C9H10ClN3O2/c10-8-4-11-7(3-12-8)9(15)13-2-1-6(14)5-13/h3-4,6,14H,1-2,5H2/t6-/m1/s1. The summed E-state index contributed by atoms with van der Waals surface area (Å²) in [7, 11) is 0. The number of carbonyl (C=O) groups is 1. The van der Waals surface area contributed by atoms with Gasteiger partial charge in [0, 0.05) is 13.1 Å². The molecule has 1 atom stereocenters. The van der Waals surface area contributed by atoms with Crippen molar-refractivity contribution in [1.29, 1.82) is 0 Å². The molecule has 1 N–H and O–H groups in total. The molecule has 15 heavy (non-hydrogen) atoms. The van der Waals surface area contributed by atoms with Crippen LogP contribution in [0.4, 0.5) is 0 Å². The summed E-state index contributed by atoms with van der Waals surface area (Å²) in [5, 5.41) is 9.55. The first-order chi connectivity index (χ1) is 7.16. The maximum atomic E-state index is 11.8. The molecular weight excluding hydrogens is 218 g/mol. The average molecular weight is 228 g/mol. The van der Waals surface area contributed by atoms with Gasteiger partial charge in [-0.2, -0.15) is 0 Å². The number of aliphatic hydroxyl groups is 1. The van der Waals surface area contributed by atoms with Gasteiger partial charge in [-0.05, 0) is 6.42 Å². The third-order valence-corrected chi connectivity index (χ3v) is 2.49. The number of β-amino-alcohol motifs (C(OH)–C–C–N with tert-alkyl or cyclic N) is 1. The lowest BCUT2D eigenvalue weighted by Crippen LogP contribution is -2.30. The minimum atomic E-state index is -0.422. The predicted molar refractivity (Wildman–Crippen MR) is 53.6 cm³/mol. The van der Waals surface area contributed by atoms with Crippen molar-refractivity contribution in [3.8, 4) is 0 Å². The number of rotatable bonds is 1. The van der Waals surface area contributed by atoms with Crippen LogP contribution in [-0.4, -0.2) is 45.1 Å². The van der Waals surface area contributed by atoms with Gasteiger partial charge in [-0.1, -0.05) is 11.6 Å². The van der Waals surface area contributed by atoms with Crippen LogP contribution < -0.4 is 0 Å². The van der Waals surface area contributed by atoms with Gasteiger partial charge in [0.2, 0.25) is 0 Å². The van der Waals surface area contributed by atoms with Gasteiger partial charge in [0.15, 0.2) is 0 Å². The lowest BCUT2D eigenvalue weighted by atomic mass is 10.3. The van der Waals surface area contributed by atoms with Gasteiger partial charge in [-0.25, -0.2) is 9.97 Å². The van der Waals surface area contributed by atoms with Crippen LogP contribution in [0, 0.1) is 0 Å². The second-order valence-corrected chi connectivity index (χ2v) is 3.81. The quantitative estimate of drug-likeness (QED) is 0.751. The third kappa shape index (κ3) is 2.24. The molecule has 1 aliphatic heterocycles. The molecule has 1 amide bonds. The lowest BCUT2D eigenvalue weighted by molar-refractivity contribution is 0.0759. The Kier molecular flexibility index (Phi) is 2.83. The molecule has 0 saturated carbocycles. The van der Waals surface area contributed by atoms with Crippen molar-refractivity contribution < 1.29 is 9.90 Å². The molecule has 2 rings (SSSR count). The van der Waals surface area contributed by atoms with E-state index in [1.807, 2.05) is 0 Å². The maximum absolute atomic E-state index is 11.8. The number of aromatic nitrogens is 2. The molecule has 1 aromatic heterocycles. The zero-order chi connectivity index (χ0) is 10.8. The Bertz CT molecular complexity index is 368. The molecule has 1 aromatic rings. The van der Waals surface area contributed by atoms with Gasteiger partial charge in [0.1, 0.15) is 10.8 Å². The normalized spacial score (nSPS) is 20.7. The van der Waals surface area contributed by atoms with Crippen molar-refractivity contribution >= 4 is 17.5 Å². The Morgan fingerprint density at radius 3 is 2.87 bits per heavy atom. The van der Waals surface area contributed by atoms with E-state index in [0.29, 0.717) is 19.5 Å². The van der Waals surface area contributed by atoms with Gasteiger partial charge in [0.25, 0.3) is 5.91 Å². The molecule has 0 aromatic carbocycles. The molecule has 0 unspecified atom stereocenters. The molecule has 0 radical (unpaired) electrons. The second-order valence-electron chi connectivity index (χ2n) is 3.42. The van der Waals surface area contributed by atoms with Gasteiger partial charge < -0.3 is 10.0 Å². The summed E-state index contributed by atoms with van der Waals surface area (Å²) in [5.74, 6) is -0.212. The number of carbonyl (C=O) groups excluding carboxylic acids is 1. The van der Waals surface area contributed by atoms with Gasteiger partial charge in [0.05, 0.1) is 18.5 Å². The van der Waals surface area contributed by atoms with Crippen LogP contribution in [0.5, 0.6) is 0 Å². The van der Waals surface area contributed by atoms with Crippen molar-refractivity contribution in [3.05, 3.63) is 23.2 Å². The van der Waals surface area contributed by atoms with E-state index in [-0.39, 0.29) is 16.8 Å². The minimum absolute atomic E-state index is 0.212. The first-order valence-corrected chi connectivity index (χ1v) is 4.99. The van der Waals surface area contributed by atoms with Crippen molar-refractivity contribution in [3.63, 3.8) is 0 Å². The van der Waals surface area contributed by atoms with E-state index >= 15 is 0 Å². The first kappa shape index (κ1) is 10.3. The highest BCUT2D eigenvalue weighted by Gasteiger charge is 2.26. The molecule has 0 spiro atoms. The van der Waals surface area contributed by atoms with E-state index < -0.39 is 6.10 Å². The van der Waals surface area contributed by atoms with E-state index in [4.69, 9.17) is 11.6 Å². The third-order valence-electron chi connectivity index (χ3n) is 2.29. The van der Waals surface area contributed by atoms with Crippen LogP contribution >= 0.6 is 11.6 Å². The lowest BCUT2D eigenvalue weighted by Gasteiger charge is -2.14. The van der Waals surface area contributed by atoms with Crippen LogP contribution in [0.2, 0.25) is 5.15 Å². The molecule has 6 heteroatoms. The summed E-state index contributed by atoms with van der Waals surface area (Å²) in [6.45, 7) is 0.924. The van der Waals surface area contributed by atoms with Crippen molar-refractivity contribution in [2.24, 2.45) is 0 Å². The largest absolute Gasteiger partial charge is 0.391 e. The fourth-order valence-electron chi connectivity index (χ4n) is 1.51. The van der Waals surface area contributed by atoms with E-state index in [1.165, 1.54) is 12.4 Å². The minimum Gasteiger partial charge on any atom is -0.391 e. The molecule has 2 heterocycles. The Morgan fingerprint density at radius 1 is 1.53 bits per heavy atom. The van der Waals surface area contributed by atoms with E-state index in [2.05, 4.69) is 9.97 Å². The van der Waals surface area contributed by atoms with Crippen LogP contribution in [0.15, 0.2) is 12.4 Å². The Balaban J connectivity index is 2.11. The van der Waals surface area contributed by atoms with Crippen LogP contribution in [0.3, 0.4) is 0 Å². The van der Waals surface area contributed by atoms with Crippen molar-refractivity contribution in [1.82, 2.24) is 14.9 Å². The molecule has 1 fully saturated rings. The molecule has 1 saturated heterocycles. The Hall–Kier alpha value is -1.20. The van der Waals surface area contributed by atoms with Crippen LogP contribution in [0.25, 0.3) is 0 Å². The zero-order valence-corrected chi connectivity index (χ0v) is 8.68. The average Bonchev–Trinajstić information content (AvgIpc) is 2.65. The smallest absolute Gasteiger partial charge is 0.274 e. The SMILES string of the molecule is O=C(c1cnc(Cl)cn1)N1CC[C@@H](O)C1. The van der Waals surface area contributed by atoms with Gasteiger partial charge in [-0.3, -0.25) is 4.79 Å². The molecular formula is C9H10ClN3O2. The molecule has 0 bridgehead atoms. The summed E-state index contributed by atoms with van der Waals surface area (Å²) < 4.78 is 0.